The van der Waals surface area contributed by atoms with Gasteiger partial charge in [-0.15, -0.1) is 0 Å². The minimum Gasteiger partial charge on any atom is -0.493 e. The number of fused-ring (bicyclic) bond motifs is 1. The molecule has 0 aliphatic heterocycles. The number of hydrogen-bond acceptors (Lipinski definition) is 3. The average molecular weight is 308 g/mol. The smallest absolute Gasteiger partial charge is 0.162 e. The third-order valence-electron chi connectivity index (χ3n) is 4.52. The maximum atomic E-state index is 6.20. The molecule has 0 saturated heterocycles. The molecular weight excluding hydrogens is 288 g/mol. The van der Waals surface area contributed by atoms with Gasteiger partial charge in [0.25, 0.3) is 0 Å². The zero-order valence-electron chi connectivity index (χ0n) is 13.2. The second kappa shape index (κ2) is 5.95. The van der Waals surface area contributed by atoms with E-state index in [1.54, 1.807) is 13.3 Å². The fraction of sp³-hybridized carbons (Fsp3) is 0.316. The van der Waals surface area contributed by atoms with Crippen LogP contribution in [0, 0.1) is 0 Å². The summed E-state index contributed by atoms with van der Waals surface area (Å²) in [6.07, 6.45) is 8.87. The number of benzene rings is 1. The Bertz CT molecular complexity index is 819. The van der Waals surface area contributed by atoms with Gasteiger partial charge in [0.1, 0.15) is 5.65 Å². The highest BCUT2D eigenvalue weighted by Gasteiger charge is 2.19. The number of nitrogens with zero attached hydrogens (tertiary/aromatic N) is 1. The van der Waals surface area contributed by atoms with Crippen LogP contribution >= 0.6 is 0 Å². The second-order valence-electron chi connectivity index (χ2n) is 5.99. The first-order chi connectivity index (χ1) is 11.3. The van der Waals surface area contributed by atoms with E-state index in [9.17, 15) is 0 Å². The molecule has 0 bridgehead atoms. The Balaban J connectivity index is 1.74. The molecule has 118 valence electrons. The highest BCUT2D eigenvalue weighted by Crippen LogP contribution is 2.37. The van der Waals surface area contributed by atoms with Gasteiger partial charge in [-0.3, -0.25) is 0 Å². The Hall–Kier alpha value is -2.49. The number of aromatic amines is 1. The molecule has 1 aromatic carbocycles. The summed E-state index contributed by atoms with van der Waals surface area (Å²) < 4.78 is 11.7. The Morgan fingerprint density at radius 3 is 2.83 bits per heavy atom. The fourth-order valence-electron chi connectivity index (χ4n) is 3.32. The topological polar surface area (TPSA) is 47.1 Å². The second-order valence-corrected chi connectivity index (χ2v) is 5.99. The van der Waals surface area contributed by atoms with Crippen LogP contribution in [0.5, 0.6) is 11.5 Å². The number of nitrogens with one attached hydrogen (secondary N) is 1. The van der Waals surface area contributed by atoms with E-state index < -0.39 is 0 Å². The number of ether oxygens (including phenoxy) is 2. The largest absolute Gasteiger partial charge is 0.493 e. The molecule has 1 fully saturated rings. The van der Waals surface area contributed by atoms with Crippen LogP contribution in [-0.2, 0) is 0 Å². The minimum absolute atomic E-state index is 0.309. The van der Waals surface area contributed by atoms with E-state index in [1.165, 1.54) is 12.8 Å². The van der Waals surface area contributed by atoms with Crippen molar-refractivity contribution in [3.05, 3.63) is 42.7 Å². The van der Waals surface area contributed by atoms with Crippen LogP contribution in [0.3, 0.4) is 0 Å². The lowest BCUT2D eigenvalue weighted by Crippen LogP contribution is -2.11. The maximum absolute atomic E-state index is 6.20. The summed E-state index contributed by atoms with van der Waals surface area (Å²) in [4.78, 5) is 7.58. The standard InChI is InChI=1S/C19H20N2O2/c1-22-17-9-8-13(11-18(17)23-14-5-2-3-6-14)16-12-21-19-15(16)7-4-10-20-19/h4,7-12,14H,2-3,5-6H2,1H3,(H,20,21). The molecule has 4 rings (SSSR count). The molecule has 1 N–H and O–H groups in total. The molecule has 0 radical (unpaired) electrons. The number of pyridine rings is 1. The van der Waals surface area contributed by atoms with Gasteiger partial charge < -0.3 is 14.5 Å². The molecule has 3 aromatic rings. The lowest BCUT2D eigenvalue weighted by Gasteiger charge is -2.16. The number of hydrogen-bond donors (Lipinski definition) is 1. The van der Waals surface area contributed by atoms with Gasteiger partial charge in [-0.25, -0.2) is 4.98 Å². The summed E-state index contributed by atoms with van der Waals surface area (Å²) in [5.74, 6) is 1.62. The van der Waals surface area contributed by atoms with Crippen LogP contribution in [0.4, 0.5) is 0 Å². The van der Waals surface area contributed by atoms with E-state index in [4.69, 9.17) is 9.47 Å². The third-order valence-corrected chi connectivity index (χ3v) is 4.52. The predicted octanol–water partition coefficient (Wildman–Crippen LogP) is 4.56. The van der Waals surface area contributed by atoms with E-state index in [1.807, 2.05) is 18.3 Å². The van der Waals surface area contributed by atoms with Gasteiger partial charge in [0, 0.05) is 23.3 Å². The molecule has 23 heavy (non-hydrogen) atoms. The Kier molecular flexibility index (Phi) is 3.66. The maximum Gasteiger partial charge on any atom is 0.162 e. The van der Waals surface area contributed by atoms with Crippen molar-refractivity contribution in [3.63, 3.8) is 0 Å². The first-order valence-electron chi connectivity index (χ1n) is 8.12. The molecule has 1 aliphatic carbocycles. The van der Waals surface area contributed by atoms with Crippen molar-refractivity contribution in [3.8, 4) is 22.6 Å². The van der Waals surface area contributed by atoms with E-state index in [0.29, 0.717) is 6.10 Å². The first kappa shape index (κ1) is 14.1. The summed E-state index contributed by atoms with van der Waals surface area (Å²) in [5.41, 5.74) is 3.14. The molecule has 2 aromatic heterocycles. The Morgan fingerprint density at radius 2 is 2.00 bits per heavy atom. The fourth-order valence-corrected chi connectivity index (χ4v) is 3.32. The average Bonchev–Trinajstić information content (AvgIpc) is 3.24. The molecule has 4 heteroatoms. The summed E-state index contributed by atoms with van der Waals surface area (Å²) >= 11 is 0. The highest BCUT2D eigenvalue weighted by atomic mass is 16.5. The van der Waals surface area contributed by atoms with Gasteiger partial charge in [0.2, 0.25) is 0 Å². The van der Waals surface area contributed by atoms with Gasteiger partial charge >= 0.3 is 0 Å². The minimum atomic E-state index is 0.309. The van der Waals surface area contributed by atoms with E-state index in [2.05, 4.69) is 28.2 Å². The zero-order chi connectivity index (χ0) is 15.6. The summed E-state index contributed by atoms with van der Waals surface area (Å²) in [7, 11) is 1.69. The molecular formula is C19H20N2O2. The lowest BCUT2D eigenvalue weighted by molar-refractivity contribution is 0.201. The number of methoxy groups -OCH3 is 1. The van der Waals surface area contributed by atoms with Crippen molar-refractivity contribution >= 4 is 11.0 Å². The quantitative estimate of drug-likeness (QED) is 0.768. The van der Waals surface area contributed by atoms with Crippen molar-refractivity contribution < 1.29 is 9.47 Å². The van der Waals surface area contributed by atoms with E-state index in [0.717, 1.165) is 46.5 Å². The SMILES string of the molecule is COc1ccc(-c2c[nH]c3ncccc23)cc1OC1CCCC1. The molecule has 1 saturated carbocycles. The van der Waals surface area contributed by atoms with Crippen LogP contribution in [0.2, 0.25) is 0 Å². The molecule has 0 amide bonds. The van der Waals surface area contributed by atoms with Crippen molar-refractivity contribution in [2.45, 2.75) is 31.8 Å². The van der Waals surface area contributed by atoms with Crippen LogP contribution in [0.1, 0.15) is 25.7 Å². The van der Waals surface area contributed by atoms with Crippen LogP contribution in [0.25, 0.3) is 22.2 Å². The normalized spacial score (nSPS) is 15.2. The summed E-state index contributed by atoms with van der Waals surface area (Å²) in [6, 6.07) is 10.2. The van der Waals surface area contributed by atoms with Gasteiger partial charge in [-0.2, -0.15) is 0 Å². The molecule has 2 heterocycles. The van der Waals surface area contributed by atoms with E-state index in [-0.39, 0.29) is 0 Å². The number of rotatable bonds is 4. The molecule has 4 nitrogen and oxygen atoms in total. The van der Waals surface area contributed by atoms with Crippen molar-refractivity contribution in [1.29, 1.82) is 0 Å². The highest BCUT2D eigenvalue weighted by molar-refractivity contribution is 5.93. The zero-order valence-corrected chi connectivity index (χ0v) is 13.2. The summed E-state index contributed by atoms with van der Waals surface area (Å²) in [6.45, 7) is 0. The van der Waals surface area contributed by atoms with Crippen molar-refractivity contribution in [1.82, 2.24) is 9.97 Å². The third kappa shape index (κ3) is 2.65. The van der Waals surface area contributed by atoms with Crippen molar-refractivity contribution in [2.24, 2.45) is 0 Å². The van der Waals surface area contributed by atoms with Crippen LogP contribution < -0.4 is 9.47 Å². The van der Waals surface area contributed by atoms with E-state index >= 15 is 0 Å². The van der Waals surface area contributed by atoms with Gasteiger partial charge in [-0.1, -0.05) is 6.07 Å². The molecule has 1 aliphatic rings. The summed E-state index contributed by atoms with van der Waals surface area (Å²) in [5, 5.41) is 1.12. The lowest BCUT2D eigenvalue weighted by atomic mass is 10.1. The van der Waals surface area contributed by atoms with Crippen LogP contribution in [-0.4, -0.2) is 23.2 Å². The van der Waals surface area contributed by atoms with Gasteiger partial charge in [0.05, 0.1) is 13.2 Å². The monoisotopic (exact) mass is 308 g/mol. The number of H-pyrrole nitrogens is 1. The Labute approximate surface area is 135 Å². The molecule has 0 spiro atoms. The molecule has 0 atom stereocenters. The Morgan fingerprint density at radius 1 is 1.13 bits per heavy atom. The van der Waals surface area contributed by atoms with Crippen LogP contribution in [0.15, 0.2) is 42.7 Å². The first-order valence-corrected chi connectivity index (χ1v) is 8.12. The van der Waals surface area contributed by atoms with Gasteiger partial charge in [0.15, 0.2) is 11.5 Å². The number of aromatic nitrogens is 2. The van der Waals surface area contributed by atoms with Gasteiger partial charge in [-0.05, 0) is 55.5 Å². The van der Waals surface area contributed by atoms with Crippen molar-refractivity contribution in [2.75, 3.05) is 7.11 Å². The predicted molar refractivity (Wildman–Crippen MR) is 91.0 cm³/mol. The molecule has 0 unspecified atom stereocenters.